The lowest BCUT2D eigenvalue weighted by Crippen LogP contribution is -2.39. The maximum Gasteiger partial charge on any atom is 0.286 e. The number of fused-ring (bicyclic) bond motifs is 1. The number of ketones is 1. The third-order valence-electron chi connectivity index (χ3n) is 3.32. The molecule has 2 atom stereocenters. The van der Waals surface area contributed by atoms with Crippen LogP contribution < -0.4 is 0 Å². The van der Waals surface area contributed by atoms with Gasteiger partial charge in [-0.2, -0.15) is 16.8 Å². The minimum absolute atomic E-state index is 0.176. The van der Waals surface area contributed by atoms with Crippen LogP contribution in [0.4, 0.5) is 0 Å². The van der Waals surface area contributed by atoms with Crippen molar-refractivity contribution in [3.63, 3.8) is 0 Å². The average Bonchev–Trinajstić information content (AvgIpc) is 2.52. The zero-order chi connectivity index (χ0) is 14.6. The Bertz CT molecular complexity index is 703. The highest BCUT2D eigenvalue weighted by Crippen LogP contribution is 2.45. The zero-order valence-corrected chi connectivity index (χ0v) is 11.3. The van der Waals surface area contributed by atoms with Crippen molar-refractivity contribution in [3.8, 4) is 0 Å². The second-order valence-corrected chi connectivity index (χ2v) is 7.67. The smallest absolute Gasteiger partial charge is 0.286 e. The average molecular weight is 309 g/mol. The molecule has 0 radical (unpaired) electrons. The molecule has 0 spiro atoms. The number of nitrogens with zero attached hydrogens (tertiary/aromatic N) is 1. The highest BCUT2D eigenvalue weighted by atomic mass is 32.2. The topological polar surface area (TPSA) is 129 Å². The number of likely N-dealkylation sites (tertiary alicyclic amines) is 1. The molecule has 1 fully saturated rings. The molecule has 0 aromatic rings. The first-order valence-corrected chi connectivity index (χ1v) is 8.05. The van der Waals surface area contributed by atoms with Crippen LogP contribution in [-0.4, -0.2) is 53.8 Å². The van der Waals surface area contributed by atoms with Gasteiger partial charge in [0.15, 0.2) is 15.9 Å². The molecule has 1 saturated heterocycles. The van der Waals surface area contributed by atoms with Gasteiger partial charge in [-0.25, -0.2) is 0 Å². The van der Waals surface area contributed by atoms with Gasteiger partial charge >= 0.3 is 0 Å². The molecule has 2 unspecified atom stereocenters. The predicted molar refractivity (Wildman–Crippen MR) is 64.2 cm³/mol. The molecule has 2 rings (SSSR count). The van der Waals surface area contributed by atoms with Gasteiger partial charge in [-0.15, -0.1) is 0 Å². The number of rotatable bonds is 2. The van der Waals surface area contributed by atoms with Crippen molar-refractivity contribution in [2.24, 2.45) is 0 Å². The molecule has 8 nitrogen and oxygen atoms in total. The largest absolute Gasteiger partial charge is 0.358 e. The highest BCUT2D eigenvalue weighted by Gasteiger charge is 2.58. The lowest BCUT2D eigenvalue weighted by atomic mass is 9.97. The number of allylic oxidation sites excluding steroid dienone is 2. The summed E-state index contributed by atoms with van der Waals surface area (Å²) in [6.07, 6.45) is 2.23. The normalized spacial score (nSPS) is 31.3. The summed E-state index contributed by atoms with van der Waals surface area (Å²) < 4.78 is 62.0. The minimum Gasteiger partial charge on any atom is -0.358 e. The van der Waals surface area contributed by atoms with Crippen LogP contribution in [0.15, 0.2) is 23.9 Å². The summed E-state index contributed by atoms with van der Waals surface area (Å²) in [4.78, 5) is 12.3. The third-order valence-corrected chi connectivity index (χ3v) is 5.93. The summed E-state index contributed by atoms with van der Waals surface area (Å²) in [5, 5.41) is -1.55. The van der Waals surface area contributed by atoms with E-state index in [0.717, 1.165) is 23.1 Å². The molecule has 2 N–H and O–H groups in total. The molecule has 0 aromatic heterocycles. The van der Waals surface area contributed by atoms with Crippen LogP contribution in [0, 0.1) is 0 Å². The number of hydrogen-bond donors (Lipinski definition) is 2. The second kappa shape index (κ2) is 3.88. The van der Waals surface area contributed by atoms with Gasteiger partial charge in [0, 0.05) is 25.2 Å². The maximum atomic E-state index is 11.6. The minimum atomic E-state index is -4.70. The molecule has 1 heterocycles. The Morgan fingerprint density at radius 1 is 1.32 bits per heavy atom. The van der Waals surface area contributed by atoms with E-state index in [9.17, 15) is 26.2 Å². The van der Waals surface area contributed by atoms with Crippen LogP contribution in [0.2, 0.25) is 0 Å². The molecule has 1 aliphatic carbocycles. The van der Waals surface area contributed by atoms with Crippen LogP contribution in [0.1, 0.15) is 6.42 Å². The molecule has 19 heavy (non-hydrogen) atoms. The molecule has 0 aromatic carbocycles. The summed E-state index contributed by atoms with van der Waals surface area (Å²) in [5.41, 5.74) is -0.176. The molecule has 106 valence electrons. The van der Waals surface area contributed by atoms with E-state index in [2.05, 4.69) is 0 Å². The maximum absolute atomic E-state index is 11.6. The van der Waals surface area contributed by atoms with Crippen LogP contribution in [0.25, 0.3) is 0 Å². The molecule has 0 amide bonds. The van der Waals surface area contributed by atoms with E-state index < -0.39 is 42.6 Å². The van der Waals surface area contributed by atoms with E-state index in [4.69, 9.17) is 4.55 Å². The van der Waals surface area contributed by atoms with Crippen molar-refractivity contribution in [2.75, 3.05) is 7.05 Å². The number of hydrogen-bond acceptors (Lipinski definition) is 6. The summed E-state index contributed by atoms with van der Waals surface area (Å²) >= 11 is 0. The van der Waals surface area contributed by atoms with Crippen molar-refractivity contribution in [3.05, 3.63) is 23.9 Å². The summed E-state index contributed by atoms with van der Waals surface area (Å²) in [7, 11) is -8.03. The first kappa shape index (κ1) is 14.2. The lowest BCUT2D eigenvalue weighted by Gasteiger charge is -2.27. The van der Waals surface area contributed by atoms with Crippen LogP contribution in [0.5, 0.6) is 0 Å². The van der Waals surface area contributed by atoms with E-state index in [1.165, 1.54) is 7.05 Å². The Morgan fingerprint density at radius 2 is 1.89 bits per heavy atom. The van der Waals surface area contributed by atoms with Gasteiger partial charge in [-0.1, -0.05) is 6.08 Å². The fraction of sp³-hybridized carbons (Fsp3) is 0.444. The number of carbonyl (C=O) groups excluding carboxylic acids is 1. The Hall–Kier alpha value is -1.23. The fourth-order valence-electron chi connectivity index (χ4n) is 2.36. The first-order valence-electron chi connectivity index (χ1n) is 5.10. The highest BCUT2D eigenvalue weighted by molar-refractivity contribution is 7.88. The monoisotopic (exact) mass is 309 g/mol. The lowest BCUT2D eigenvalue weighted by molar-refractivity contribution is -0.110. The summed E-state index contributed by atoms with van der Waals surface area (Å²) in [6, 6.07) is 0. The molecular formula is C9H11NO7S2. The van der Waals surface area contributed by atoms with Gasteiger partial charge in [0.05, 0.1) is 0 Å². The quantitative estimate of drug-likeness (QED) is 0.633. The Kier molecular flexibility index (Phi) is 2.90. The Balaban J connectivity index is 2.69. The van der Waals surface area contributed by atoms with Gasteiger partial charge in [-0.3, -0.25) is 13.9 Å². The summed E-state index contributed by atoms with van der Waals surface area (Å²) in [5.74, 6) is -0.530. The van der Waals surface area contributed by atoms with Gasteiger partial charge < -0.3 is 4.90 Å². The van der Waals surface area contributed by atoms with Gasteiger partial charge in [-0.05, 0) is 6.08 Å². The molecule has 0 bridgehead atoms. The zero-order valence-electron chi connectivity index (χ0n) is 9.72. The van der Waals surface area contributed by atoms with Crippen LogP contribution in [-0.2, 0) is 25.0 Å². The summed E-state index contributed by atoms with van der Waals surface area (Å²) in [6.45, 7) is 0. The second-order valence-electron chi connectivity index (χ2n) is 4.41. The van der Waals surface area contributed by atoms with Gasteiger partial charge in [0.2, 0.25) is 0 Å². The fourth-order valence-corrected chi connectivity index (χ4v) is 4.53. The SMILES string of the molecule is CN1C2=CC(=O)C=CC2(S(=O)(=O)O)CC1S(=O)(=O)O. The molecule has 0 saturated carbocycles. The standard InChI is InChI=1S/C9H11NO7S2/c1-10-7-4-6(11)2-3-9(7,19(15,16)17)5-8(10)18(12,13)14/h2-4,8H,5H2,1H3,(H,12,13,14)(H,15,16,17). The van der Waals surface area contributed by atoms with Crippen molar-refractivity contribution < 1.29 is 30.7 Å². The number of carbonyl (C=O) groups is 1. The third kappa shape index (κ3) is 2.00. The van der Waals surface area contributed by atoms with Crippen molar-refractivity contribution in [1.82, 2.24) is 4.90 Å². The molecule has 1 aliphatic heterocycles. The van der Waals surface area contributed by atoms with E-state index in [0.29, 0.717) is 0 Å². The van der Waals surface area contributed by atoms with Crippen LogP contribution >= 0.6 is 0 Å². The van der Waals surface area contributed by atoms with Gasteiger partial charge in [0.1, 0.15) is 0 Å². The Labute approximate surface area is 109 Å². The molecular weight excluding hydrogens is 298 g/mol. The molecule has 2 aliphatic rings. The van der Waals surface area contributed by atoms with E-state index in [1.807, 2.05) is 0 Å². The van der Waals surface area contributed by atoms with E-state index in [-0.39, 0.29) is 5.70 Å². The van der Waals surface area contributed by atoms with E-state index in [1.54, 1.807) is 0 Å². The Morgan fingerprint density at radius 3 is 2.37 bits per heavy atom. The predicted octanol–water partition coefficient (Wildman–Crippen LogP) is -0.815. The molecule has 10 heteroatoms. The van der Waals surface area contributed by atoms with Crippen molar-refractivity contribution in [2.45, 2.75) is 16.5 Å². The van der Waals surface area contributed by atoms with E-state index >= 15 is 0 Å². The first-order chi connectivity index (χ1) is 8.49. The van der Waals surface area contributed by atoms with Crippen molar-refractivity contribution in [1.29, 1.82) is 0 Å². The van der Waals surface area contributed by atoms with Crippen LogP contribution in [0.3, 0.4) is 0 Å². The van der Waals surface area contributed by atoms with Crippen molar-refractivity contribution >= 4 is 26.0 Å². The van der Waals surface area contributed by atoms with Gasteiger partial charge in [0.25, 0.3) is 20.2 Å².